The summed E-state index contributed by atoms with van der Waals surface area (Å²) in [6, 6.07) is 12.2. The standard InChI is InChI=1S/C14H19NO2/c15-9-6-12-16-10-4-5-11-17-13-14-7-2-1-3-8-14/h1-3,7-8H,4-6,10-13H2. The zero-order valence-corrected chi connectivity index (χ0v) is 10.1. The van der Waals surface area contributed by atoms with Gasteiger partial charge in [-0.2, -0.15) is 5.26 Å². The summed E-state index contributed by atoms with van der Waals surface area (Å²) in [5.74, 6) is 0. The molecule has 1 aromatic carbocycles. The number of nitrogens with zero attached hydrogens (tertiary/aromatic N) is 1. The Morgan fingerprint density at radius 1 is 0.941 bits per heavy atom. The molecule has 0 aliphatic rings. The van der Waals surface area contributed by atoms with Crippen molar-refractivity contribution in [3.63, 3.8) is 0 Å². The Morgan fingerprint density at radius 3 is 2.35 bits per heavy atom. The van der Waals surface area contributed by atoms with Crippen molar-refractivity contribution >= 4 is 0 Å². The van der Waals surface area contributed by atoms with Crippen LogP contribution in [0.5, 0.6) is 0 Å². The number of hydrogen-bond donors (Lipinski definition) is 0. The van der Waals surface area contributed by atoms with E-state index in [-0.39, 0.29) is 0 Å². The Balaban J connectivity index is 1.87. The van der Waals surface area contributed by atoms with Crippen LogP contribution in [0.15, 0.2) is 30.3 Å². The van der Waals surface area contributed by atoms with E-state index in [0.29, 0.717) is 19.6 Å². The van der Waals surface area contributed by atoms with E-state index < -0.39 is 0 Å². The Bertz CT molecular complexity index is 319. The highest BCUT2D eigenvalue weighted by Gasteiger charge is 1.93. The lowest BCUT2D eigenvalue weighted by molar-refractivity contribution is 0.0972. The van der Waals surface area contributed by atoms with Crippen molar-refractivity contribution < 1.29 is 9.47 Å². The van der Waals surface area contributed by atoms with Crippen molar-refractivity contribution in [3.05, 3.63) is 35.9 Å². The van der Waals surface area contributed by atoms with Gasteiger partial charge in [0.1, 0.15) is 0 Å². The summed E-state index contributed by atoms with van der Waals surface area (Å²) in [5.41, 5.74) is 1.21. The van der Waals surface area contributed by atoms with Crippen LogP contribution in [0.1, 0.15) is 24.8 Å². The minimum atomic E-state index is 0.477. The molecule has 0 bridgehead atoms. The first kappa shape index (κ1) is 13.7. The van der Waals surface area contributed by atoms with Gasteiger partial charge < -0.3 is 9.47 Å². The van der Waals surface area contributed by atoms with Gasteiger partial charge in [-0.05, 0) is 18.4 Å². The van der Waals surface area contributed by atoms with Crippen LogP contribution in [0.4, 0.5) is 0 Å². The first-order valence-electron chi connectivity index (χ1n) is 6.00. The smallest absolute Gasteiger partial charge is 0.0716 e. The van der Waals surface area contributed by atoms with Gasteiger partial charge in [-0.15, -0.1) is 0 Å². The first-order valence-corrected chi connectivity index (χ1v) is 6.00. The lowest BCUT2D eigenvalue weighted by atomic mass is 10.2. The fourth-order valence-electron chi connectivity index (χ4n) is 1.39. The summed E-state index contributed by atoms with van der Waals surface area (Å²) >= 11 is 0. The van der Waals surface area contributed by atoms with Crippen molar-refractivity contribution in [2.45, 2.75) is 25.9 Å². The molecular formula is C14H19NO2. The Labute approximate surface area is 103 Å². The maximum atomic E-state index is 8.30. The molecule has 0 amide bonds. The molecule has 0 N–H and O–H groups in total. The van der Waals surface area contributed by atoms with E-state index in [1.165, 1.54) is 5.56 Å². The average molecular weight is 233 g/mol. The summed E-state index contributed by atoms with van der Waals surface area (Å²) in [6.07, 6.45) is 2.46. The highest BCUT2D eigenvalue weighted by Crippen LogP contribution is 2.01. The van der Waals surface area contributed by atoms with Crippen LogP contribution in [-0.2, 0) is 16.1 Å². The quantitative estimate of drug-likeness (QED) is 0.616. The van der Waals surface area contributed by atoms with Crippen LogP contribution in [0.2, 0.25) is 0 Å². The van der Waals surface area contributed by atoms with Gasteiger partial charge in [0.05, 0.1) is 25.7 Å². The normalized spacial score (nSPS) is 10.1. The molecule has 0 saturated heterocycles. The second-order valence-electron chi connectivity index (χ2n) is 3.77. The molecule has 0 spiro atoms. The third kappa shape index (κ3) is 7.51. The largest absolute Gasteiger partial charge is 0.380 e. The Morgan fingerprint density at radius 2 is 1.65 bits per heavy atom. The maximum absolute atomic E-state index is 8.30. The SMILES string of the molecule is N#CCCOCCCCOCc1ccccc1. The fourth-order valence-corrected chi connectivity index (χ4v) is 1.39. The molecule has 0 aromatic heterocycles. The number of rotatable bonds is 9. The molecule has 0 fully saturated rings. The Kier molecular flexibility index (Phi) is 7.92. The van der Waals surface area contributed by atoms with Gasteiger partial charge >= 0.3 is 0 Å². The predicted molar refractivity (Wildman–Crippen MR) is 66.4 cm³/mol. The molecule has 3 heteroatoms. The van der Waals surface area contributed by atoms with Crippen LogP contribution in [-0.4, -0.2) is 19.8 Å². The minimum Gasteiger partial charge on any atom is -0.380 e. The summed E-state index contributed by atoms with van der Waals surface area (Å²) in [7, 11) is 0. The summed E-state index contributed by atoms with van der Waals surface area (Å²) in [6.45, 7) is 2.70. The Hall–Kier alpha value is -1.37. The van der Waals surface area contributed by atoms with E-state index in [2.05, 4.69) is 12.1 Å². The highest BCUT2D eigenvalue weighted by atomic mass is 16.5. The molecule has 92 valence electrons. The molecule has 0 unspecified atom stereocenters. The molecule has 1 rings (SSSR count). The van der Waals surface area contributed by atoms with Gasteiger partial charge in [-0.25, -0.2) is 0 Å². The van der Waals surface area contributed by atoms with Crippen molar-refractivity contribution in [2.75, 3.05) is 19.8 Å². The molecular weight excluding hydrogens is 214 g/mol. The van der Waals surface area contributed by atoms with Crippen LogP contribution >= 0.6 is 0 Å². The van der Waals surface area contributed by atoms with Gasteiger partial charge in [0.15, 0.2) is 0 Å². The van der Waals surface area contributed by atoms with Crippen molar-refractivity contribution in [1.29, 1.82) is 5.26 Å². The van der Waals surface area contributed by atoms with Crippen LogP contribution in [0.25, 0.3) is 0 Å². The molecule has 17 heavy (non-hydrogen) atoms. The summed E-state index contributed by atoms with van der Waals surface area (Å²) in [4.78, 5) is 0. The van der Waals surface area contributed by atoms with E-state index in [9.17, 15) is 0 Å². The predicted octanol–water partition coefficient (Wildman–Crippen LogP) is 2.91. The molecule has 3 nitrogen and oxygen atoms in total. The fraction of sp³-hybridized carbons (Fsp3) is 0.500. The van der Waals surface area contributed by atoms with Gasteiger partial charge in [-0.1, -0.05) is 30.3 Å². The van der Waals surface area contributed by atoms with E-state index in [0.717, 1.165) is 26.1 Å². The second-order valence-corrected chi connectivity index (χ2v) is 3.77. The zero-order valence-electron chi connectivity index (χ0n) is 10.1. The molecule has 0 aliphatic heterocycles. The molecule has 0 aliphatic carbocycles. The van der Waals surface area contributed by atoms with Gasteiger partial charge in [0, 0.05) is 13.2 Å². The summed E-state index contributed by atoms with van der Waals surface area (Å²) < 4.78 is 10.8. The van der Waals surface area contributed by atoms with Gasteiger partial charge in [0.25, 0.3) is 0 Å². The summed E-state index contributed by atoms with van der Waals surface area (Å²) in [5, 5.41) is 8.30. The van der Waals surface area contributed by atoms with Crippen LogP contribution in [0, 0.1) is 11.3 Å². The first-order chi connectivity index (χ1) is 8.43. The molecule has 0 saturated carbocycles. The maximum Gasteiger partial charge on any atom is 0.0716 e. The third-order valence-electron chi connectivity index (χ3n) is 2.30. The van der Waals surface area contributed by atoms with Gasteiger partial charge in [-0.3, -0.25) is 0 Å². The third-order valence-corrected chi connectivity index (χ3v) is 2.30. The number of ether oxygens (including phenoxy) is 2. The van der Waals surface area contributed by atoms with E-state index in [4.69, 9.17) is 14.7 Å². The van der Waals surface area contributed by atoms with Crippen LogP contribution < -0.4 is 0 Å². The second kappa shape index (κ2) is 9.83. The zero-order chi connectivity index (χ0) is 12.2. The van der Waals surface area contributed by atoms with E-state index >= 15 is 0 Å². The lowest BCUT2D eigenvalue weighted by Crippen LogP contribution is -2.00. The highest BCUT2D eigenvalue weighted by molar-refractivity contribution is 5.13. The van der Waals surface area contributed by atoms with E-state index in [1.807, 2.05) is 24.3 Å². The van der Waals surface area contributed by atoms with Crippen molar-refractivity contribution in [1.82, 2.24) is 0 Å². The van der Waals surface area contributed by atoms with Crippen molar-refractivity contribution in [2.24, 2.45) is 0 Å². The molecule has 0 radical (unpaired) electrons. The number of unbranched alkanes of at least 4 members (excludes halogenated alkanes) is 1. The molecule has 0 atom stereocenters. The number of hydrogen-bond acceptors (Lipinski definition) is 3. The average Bonchev–Trinajstić information content (AvgIpc) is 2.38. The monoisotopic (exact) mass is 233 g/mol. The van der Waals surface area contributed by atoms with Crippen molar-refractivity contribution in [3.8, 4) is 6.07 Å². The topological polar surface area (TPSA) is 42.2 Å². The van der Waals surface area contributed by atoms with Gasteiger partial charge in [0.2, 0.25) is 0 Å². The lowest BCUT2D eigenvalue weighted by Gasteiger charge is -2.04. The molecule has 1 aromatic rings. The number of nitriles is 1. The number of benzene rings is 1. The minimum absolute atomic E-state index is 0.477. The molecule has 0 heterocycles. The van der Waals surface area contributed by atoms with E-state index in [1.54, 1.807) is 0 Å². The van der Waals surface area contributed by atoms with Crippen LogP contribution in [0.3, 0.4) is 0 Å².